The van der Waals surface area contributed by atoms with Crippen molar-refractivity contribution in [1.29, 1.82) is 0 Å². The van der Waals surface area contributed by atoms with Crippen molar-refractivity contribution < 1.29 is 19.0 Å². The van der Waals surface area contributed by atoms with E-state index < -0.39 is 0 Å². The summed E-state index contributed by atoms with van der Waals surface area (Å²) in [4.78, 5) is 16.2. The summed E-state index contributed by atoms with van der Waals surface area (Å²) < 4.78 is 17.9. The van der Waals surface area contributed by atoms with Crippen LogP contribution in [0.3, 0.4) is 0 Å². The number of hydrogen-bond donors (Lipinski definition) is 0. The number of ether oxygens (including phenoxy) is 3. The lowest BCUT2D eigenvalue weighted by molar-refractivity contribution is -0.132. The molecular weight excluding hydrogens is 430 g/mol. The molecule has 0 saturated carbocycles. The Bertz CT molecular complexity index is 790. The molecule has 1 aromatic heterocycles. The van der Waals surface area contributed by atoms with E-state index in [2.05, 4.69) is 22.0 Å². The Hall–Kier alpha value is -1.57. The van der Waals surface area contributed by atoms with Gasteiger partial charge in [0.2, 0.25) is 5.91 Å². The van der Waals surface area contributed by atoms with E-state index in [-0.39, 0.29) is 12.0 Å². The lowest BCUT2D eigenvalue weighted by Crippen LogP contribution is -2.37. The average molecular weight is 452 g/mol. The molecule has 7 heteroatoms. The molecule has 1 saturated heterocycles. The maximum absolute atomic E-state index is 13.1. The van der Waals surface area contributed by atoms with Crippen molar-refractivity contribution in [3.8, 4) is 11.5 Å². The average Bonchev–Trinajstić information content (AvgIpc) is 3.36. The molecule has 2 aliphatic heterocycles. The number of carbonyl (C=O) groups excluding carboxylic acids is 1. The van der Waals surface area contributed by atoms with Gasteiger partial charge in [-0.05, 0) is 42.0 Å². The number of thiophene rings is 1. The van der Waals surface area contributed by atoms with Crippen LogP contribution in [0.25, 0.3) is 0 Å². The summed E-state index contributed by atoms with van der Waals surface area (Å²) >= 11 is 5.25. The number of rotatable bonds is 6. The zero-order valence-electron chi connectivity index (χ0n) is 15.0. The number of hydrogen-bond acceptors (Lipinski definition) is 5. The first-order chi connectivity index (χ1) is 13.2. The largest absolute Gasteiger partial charge is 0.486 e. The number of nitrogens with zero attached hydrogens (tertiary/aromatic N) is 1. The van der Waals surface area contributed by atoms with Crippen molar-refractivity contribution in [2.24, 2.45) is 0 Å². The molecule has 0 spiro atoms. The SMILES string of the molecule is O=C(Cc1cc2c(cc1Br)OCCO2)N(Cc1cccs1)CC1CCCO1. The van der Waals surface area contributed by atoms with Gasteiger partial charge in [0.25, 0.3) is 0 Å². The van der Waals surface area contributed by atoms with Gasteiger partial charge in [-0.2, -0.15) is 0 Å². The lowest BCUT2D eigenvalue weighted by atomic mass is 10.1. The Labute approximate surface area is 171 Å². The summed E-state index contributed by atoms with van der Waals surface area (Å²) in [5, 5.41) is 2.04. The first-order valence-corrected chi connectivity index (χ1v) is 10.9. The second-order valence-electron chi connectivity index (χ2n) is 6.75. The summed E-state index contributed by atoms with van der Waals surface area (Å²) in [5.41, 5.74) is 0.910. The van der Waals surface area contributed by atoms with E-state index in [9.17, 15) is 4.79 Å². The highest BCUT2D eigenvalue weighted by molar-refractivity contribution is 9.10. The van der Waals surface area contributed by atoms with E-state index >= 15 is 0 Å². The molecule has 5 nitrogen and oxygen atoms in total. The van der Waals surface area contributed by atoms with Crippen LogP contribution in [-0.2, 0) is 22.5 Å². The van der Waals surface area contributed by atoms with Crippen LogP contribution in [0.5, 0.6) is 11.5 Å². The van der Waals surface area contributed by atoms with Crippen molar-refractivity contribution in [3.63, 3.8) is 0 Å². The predicted octanol–water partition coefficient (Wildman–Crippen LogP) is 4.03. The minimum atomic E-state index is 0.0938. The van der Waals surface area contributed by atoms with Crippen molar-refractivity contribution in [3.05, 3.63) is 44.6 Å². The van der Waals surface area contributed by atoms with Crippen molar-refractivity contribution in [2.45, 2.75) is 31.9 Å². The smallest absolute Gasteiger partial charge is 0.227 e. The molecule has 144 valence electrons. The van der Waals surface area contributed by atoms with E-state index in [1.807, 2.05) is 28.5 Å². The van der Waals surface area contributed by atoms with Gasteiger partial charge in [-0.15, -0.1) is 11.3 Å². The summed E-state index contributed by atoms with van der Waals surface area (Å²) in [6.07, 6.45) is 2.54. The molecule has 2 aliphatic rings. The van der Waals surface area contributed by atoms with Crippen LogP contribution < -0.4 is 9.47 Å². The van der Waals surface area contributed by atoms with E-state index in [1.165, 1.54) is 4.88 Å². The quantitative estimate of drug-likeness (QED) is 0.664. The topological polar surface area (TPSA) is 48.0 Å². The molecule has 1 aromatic carbocycles. The number of benzene rings is 1. The van der Waals surface area contributed by atoms with Crippen molar-refractivity contribution in [1.82, 2.24) is 4.90 Å². The zero-order chi connectivity index (χ0) is 18.6. The van der Waals surface area contributed by atoms with E-state index in [0.717, 1.165) is 35.2 Å². The highest BCUT2D eigenvalue weighted by Gasteiger charge is 2.24. The molecule has 1 amide bonds. The Balaban J connectivity index is 1.50. The van der Waals surface area contributed by atoms with Gasteiger partial charge in [0, 0.05) is 22.5 Å². The fourth-order valence-electron chi connectivity index (χ4n) is 3.40. The molecule has 0 bridgehead atoms. The molecule has 0 radical (unpaired) electrons. The highest BCUT2D eigenvalue weighted by Crippen LogP contribution is 2.36. The number of halogens is 1. The maximum Gasteiger partial charge on any atom is 0.227 e. The fraction of sp³-hybridized carbons (Fsp3) is 0.450. The fourth-order valence-corrected chi connectivity index (χ4v) is 4.58. The van der Waals surface area contributed by atoms with Crippen LogP contribution in [0.4, 0.5) is 0 Å². The molecule has 3 heterocycles. The van der Waals surface area contributed by atoms with Gasteiger partial charge in [0.05, 0.1) is 19.1 Å². The summed E-state index contributed by atoms with van der Waals surface area (Å²) in [5.74, 6) is 1.52. The maximum atomic E-state index is 13.1. The summed E-state index contributed by atoms with van der Waals surface area (Å²) in [6.45, 7) is 3.14. The lowest BCUT2D eigenvalue weighted by Gasteiger charge is -2.26. The number of amides is 1. The van der Waals surface area contributed by atoms with Gasteiger partial charge in [-0.3, -0.25) is 4.79 Å². The highest BCUT2D eigenvalue weighted by atomic mass is 79.9. The monoisotopic (exact) mass is 451 g/mol. The second-order valence-corrected chi connectivity index (χ2v) is 8.64. The van der Waals surface area contributed by atoms with E-state index in [1.54, 1.807) is 11.3 Å². The van der Waals surface area contributed by atoms with Gasteiger partial charge >= 0.3 is 0 Å². The third kappa shape index (κ3) is 4.65. The van der Waals surface area contributed by atoms with Gasteiger partial charge in [0.1, 0.15) is 13.2 Å². The van der Waals surface area contributed by atoms with Gasteiger partial charge in [-0.25, -0.2) is 0 Å². The minimum absolute atomic E-state index is 0.0938. The molecule has 1 atom stereocenters. The summed E-state index contributed by atoms with van der Waals surface area (Å²) in [7, 11) is 0. The van der Waals surface area contributed by atoms with Gasteiger partial charge in [-0.1, -0.05) is 22.0 Å². The van der Waals surface area contributed by atoms with Crippen LogP contribution in [0, 0.1) is 0 Å². The Morgan fingerprint density at radius 1 is 1.22 bits per heavy atom. The normalized spacial score (nSPS) is 18.5. The number of carbonyl (C=O) groups is 1. The first-order valence-electron chi connectivity index (χ1n) is 9.19. The van der Waals surface area contributed by atoms with Crippen LogP contribution in [0.2, 0.25) is 0 Å². The van der Waals surface area contributed by atoms with Crippen LogP contribution >= 0.6 is 27.3 Å². The molecule has 1 unspecified atom stereocenters. The van der Waals surface area contributed by atoms with Crippen molar-refractivity contribution in [2.75, 3.05) is 26.4 Å². The molecule has 4 rings (SSSR count). The second kappa shape index (κ2) is 8.63. The number of fused-ring (bicyclic) bond motifs is 1. The van der Waals surface area contributed by atoms with Gasteiger partial charge in [0.15, 0.2) is 11.5 Å². The molecule has 0 aliphatic carbocycles. The Morgan fingerprint density at radius 3 is 2.74 bits per heavy atom. The third-order valence-electron chi connectivity index (χ3n) is 4.78. The van der Waals surface area contributed by atoms with Crippen LogP contribution in [0.1, 0.15) is 23.3 Å². The van der Waals surface area contributed by atoms with E-state index in [4.69, 9.17) is 14.2 Å². The zero-order valence-corrected chi connectivity index (χ0v) is 17.4. The predicted molar refractivity (Wildman–Crippen MR) is 108 cm³/mol. The molecule has 2 aromatic rings. The van der Waals surface area contributed by atoms with Gasteiger partial charge < -0.3 is 19.1 Å². The minimum Gasteiger partial charge on any atom is -0.486 e. The van der Waals surface area contributed by atoms with E-state index in [0.29, 0.717) is 38.5 Å². The molecule has 27 heavy (non-hydrogen) atoms. The van der Waals surface area contributed by atoms with Crippen LogP contribution in [0.15, 0.2) is 34.1 Å². The summed E-state index contributed by atoms with van der Waals surface area (Å²) in [6, 6.07) is 7.89. The Kier molecular flexibility index (Phi) is 6.00. The molecule has 1 fully saturated rings. The first kappa shape index (κ1) is 18.8. The molecular formula is C20H22BrNO4S. The van der Waals surface area contributed by atoms with Crippen LogP contribution in [-0.4, -0.2) is 43.3 Å². The third-order valence-corrected chi connectivity index (χ3v) is 6.38. The standard InChI is InChI=1S/C20H22BrNO4S/c21-17-11-19-18(25-6-7-26-19)9-14(17)10-20(23)22(12-15-3-1-5-24-15)13-16-4-2-8-27-16/h2,4,8-9,11,15H,1,3,5-7,10,12-13H2. The molecule has 0 N–H and O–H groups in total. The van der Waals surface area contributed by atoms with Crippen molar-refractivity contribution >= 4 is 33.2 Å². The Morgan fingerprint density at radius 2 is 2.04 bits per heavy atom.